The van der Waals surface area contributed by atoms with Crippen LogP contribution in [0.25, 0.3) is 33.2 Å². The highest BCUT2D eigenvalue weighted by atomic mass is 28.3. The predicted octanol–water partition coefficient (Wildman–Crippen LogP) is 6.73. The number of pyridine rings is 1. The second kappa shape index (κ2) is 6.79. The number of benzene rings is 3. The van der Waals surface area contributed by atoms with E-state index in [4.69, 9.17) is 4.98 Å². The van der Waals surface area contributed by atoms with E-state index in [0.29, 0.717) is 0 Å². The van der Waals surface area contributed by atoms with Crippen LogP contribution < -0.4 is 9.75 Å². The molecule has 4 aromatic rings. The fourth-order valence-corrected chi connectivity index (χ4v) is 7.53. The van der Waals surface area contributed by atoms with Crippen LogP contribution in [0.2, 0.25) is 13.1 Å². The first kappa shape index (κ1) is 20.0. The molecule has 0 aliphatic carbocycles. The molecular formula is C28H30N2Si. The molecule has 3 aromatic carbocycles. The third kappa shape index (κ3) is 3.02. The van der Waals surface area contributed by atoms with Gasteiger partial charge in [-0.15, -0.1) is 0 Å². The maximum atomic E-state index is 4.96. The highest BCUT2D eigenvalue weighted by molar-refractivity contribution is 6.94. The lowest BCUT2D eigenvalue weighted by atomic mass is 9.82. The Kier molecular flexibility index (Phi) is 4.39. The number of aromatic nitrogens is 1. The quantitative estimate of drug-likeness (QED) is 0.316. The number of nitrogens with zero attached hydrogens (tertiary/aromatic N) is 2. The molecule has 0 radical (unpaired) electrons. The van der Waals surface area contributed by atoms with Crippen LogP contribution >= 0.6 is 0 Å². The molecule has 3 heteroatoms. The van der Waals surface area contributed by atoms with Gasteiger partial charge in [0.05, 0.1) is 11.4 Å². The average molecular weight is 423 g/mol. The summed E-state index contributed by atoms with van der Waals surface area (Å²) in [7, 11) is 0.421. The number of hydrogen-bond acceptors (Lipinski definition) is 2. The number of hydrogen-bond donors (Lipinski definition) is 0. The first-order valence-corrected chi connectivity index (χ1v) is 14.0. The summed E-state index contributed by atoms with van der Waals surface area (Å²) >= 11 is 0. The Balaban J connectivity index is 1.84. The van der Waals surface area contributed by atoms with Crippen LogP contribution in [0.3, 0.4) is 0 Å². The maximum absolute atomic E-state index is 4.96. The molecule has 1 aromatic heterocycles. The summed E-state index contributed by atoms with van der Waals surface area (Å²) in [4.78, 5) is 4.96. The fraction of sp³-hybridized carbons (Fsp3) is 0.250. The smallest absolute Gasteiger partial charge is 0.182 e. The normalized spacial score (nSPS) is 15.0. The van der Waals surface area contributed by atoms with Crippen molar-refractivity contribution in [3.63, 3.8) is 0 Å². The van der Waals surface area contributed by atoms with Crippen molar-refractivity contribution in [2.24, 2.45) is 0 Å². The van der Waals surface area contributed by atoms with Gasteiger partial charge in [-0.25, -0.2) is 0 Å². The minimum Gasteiger partial charge on any atom is -0.394 e. The maximum Gasteiger partial charge on any atom is 0.182 e. The average Bonchev–Trinajstić information content (AvgIpc) is 2.76. The van der Waals surface area contributed by atoms with E-state index in [2.05, 4.69) is 112 Å². The summed E-state index contributed by atoms with van der Waals surface area (Å²) < 4.78 is 2.54. The van der Waals surface area contributed by atoms with Crippen LogP contribution in [-0.2, 0) is 5.41 Å². The van der Waals surface area contributed by atoms with Crippen molar-refractivity contribution in [3.05, 3.63) is 78.5 Å². The zero-order chi connectivity index (χ0) is 22.0. The lowest BCUT2D eigenvalue weighted by molar-refractivity contribution is 0.596. The van der Waals surface area contributed by atoms with Gasteiger partial charge in [0.15, 0.2) is 8.24 Å². The zero-order valence-corrected chi connectivity index (χ0v) is 20.3. The van der Waals surface area contributed by atoms with Crippen molar-refractivity contribution in [2.45, 2.75) is 39.3 Å². The van der Waals surface area contributed by atoms with Gasteiger partial charge in [-0.05, 0) is 70.8 Å². The molecule has 0 amide bonds. The molecule has 1 aliphatic rings. The van der Waals surface area contributed by atoms with Crippen LogP contribution in [-0.4, -0.2) is 20.3 Å². The molecule has 0 saturated heterocycles. The van der Waals surface area contributed by atoms with Crippen LogP contribution in [0.4, 0.5) is 5.69 Å². The molecule has 1 aliphatic heterocycles. The van der Waals surface area contributed by atoms with Gasteiger partial charge in [0.2, 0.25) is 0 Å². The van der Waals surface area contributed by atoms with E-state index in [9.17, 15) is 0 Å². The molecule has 0 atom stereocenters. The Bertz CT molecular complexity index is 1310. The van der Waals surface area contributed by atoms with Crippen LogP contribution in [0.1, 0.15) is 26.3 Å². The van der Waals surface area contributed by atoms with Crippen molar-refractivity contribution in [1.82, 2.24) is 4.98 Å². The zero-order valence-electron chi connectivity index (χ0n) is 19.3. The summed E-state index contributed by atoms with van der Waals surface area (Å²) in [6, 6.07) is 24.5. The standard InChI is InChI=1S/C28H30N2Si/c1-28(2,3)24-18-20(17-19-11-7-8-12-21(19)24)26-27-23(15-16-29-26)22-13-9-10-14-25(22)31(5,6)30(27)4/h7-18H,1-6H3. The highest BCUT2D eigenvalue weighted by Gasteiger charge is 2.39. The van der Waals surface area contributed by atoms with E-state index >= 15 is 0 Å². The van der Waals surface area contributed by atoms with Crippen molar-refractivity contribution in [1.29, 1.82) is 0 Å². The SMILES string of the molecule is CN1c2c(ccnc2-c2cc(C(C)(C)C)c3ccccc3c2)-c2ccccc2[Si]1(C)C. The summed E-state index contributed by atoms with van der Waals surface area (Å²) in [5, 5.41) is 4.10. The van der Waals surface area contributed by atoms with Crippen molar-refractivity contribution in [2.75, 3.05) is 11.6 Å². The molecule has 5 rings (SSSR count). The summed E-state index contributed by atoms with van der Waals surface area (Å²) in [5.41, 5.74) is 7.65. The molecule has 0 saturated carbocycles. The third-order valence-electron chi connectivity index (χ3n) is 6.92. The molecule has 0 unspecified atom stereocenters. The van der Waals surface area contributed by atoms with E-state index in [0.717, 1.165) is 5.69 Å². The monoisotopic (exact) mass is 422 g/mol. The van der Waals surface area contributed by atoms with Gasteiger partial charge >= 0.3 is 0 Å². The summed E-state index contributed by atoms with van der Waals surface area (Å²) in [6.07, 6.45) is 1.98. The largest absolute Gasteiger partial charge is 0.394 e. The summed E-state index contributed by atoms with van der Waals surface area (Å²) in [6.45, 7) is 11.8. The van der Waals surface area contributed by atoms with E-state index in [1.54, 1.807) is 0 Å². The molecule has 0 fully saturated rings. The van der Waals surface area contributed by atoms with Gasteiger partial charge in [-0.1, -0.05) is 69.3 Å². The topological polar surface area (TPSA) is 16.1 Å². The van der Waals surface area contributed by atoms with E-state index in [-0.39, 0.29) is 5.41 Å². The molecule has 31 heavy (non-hydrogen) atoms. The highest BCUT2D eigenvalue weighted by Crippen LogP contribution is 2.44. The molecule has 2 heterocycles. The van der Waals surface area contributed by atoms with Crippen molar-refractivity contribution >= 4 is 29.9 Å². The minimum atomic E-state index is -1.84. The van der Waals surface area contributed by atoms with Crippen LogP contribution in [0.15, 0.2) is 72.9 Å². The van der Waals surface area contributed by atoms with Gasteiger partial charge in [-0.3, -0.25) is 4.98 Å². The first-order chi connectivity index (χ1) is 14.7. The van der Waals surface area contributed by atoms with Gasteiger partial charge in [-0.2, -0.15) is 0 Å². The van der Waals surface area contributed by atoms with Gasteiger partial charge < -0.3 is 4.57 Å². The number of anilines is 1. The fourth-order valence-electron chi connectivity index (χ4n) is 5.00. The molecule has 0 bridgehead atoms. The Morgan fingerprint density at radius 1 is 0.839 bits per heavy atom. The number of rotatable bonds is 1. The molecule has 156 valence electrons. The van der Waals surface area contributed by atoms with Crippen molar-refractivity contribution in [3.8, 4) is 22.4 Å². The first-order valence-electron chi connectivity index (χ1n) is 11.1. The van der Waals surface area contributed by atoms with E-state index < -0.39 is 8.24 Å². The van der Waals surface area contributed by atoms with E-state index in [1.165, 1.54) is 43.9 Å². The second-order valence-electron chi connectivity index (χ2n) is 10.2. The van der Waals surface area contributed by atoms with Gasteiger partial charge in [0, 0.05) is 17.3 Å². The second-order valence-corrected chi connectivity index (χ2v) is 14.5. The van der Waals surface area contributed by atoms with Crippen LogP contribution in [0.5, 0.6) is 0 Å². The summed E-state index contributed by atoms with van der Waals surface area (Å²) in [5.74, 6) is 0. The lowest BCUT2D eigenvalue weighted by Gasteiger charge is -2.43. The van der Waals surface area contributed by atoms with Gasteiger partial charge in [0.1, 0.15) is 0 Å². The number of fused-ring (bicyclic) bond motifs is 4. The Hall–Kier alpha value is -2.91. The van der Waals surface area contributed by atoms with E-state index in [1.807, 2.05) is 6.20 Å². The Labute approximate surface area is 186 Å². The minimum absolute atomic E-state index is 0.0526. The molecule has 2 nitrogen and oxygen atoms in total. The Morgan fingerprint density at radius 3 is 2.32 bits per heavy atom. The van der Waals surface area contributed by atoms with Gasteiger partial charge in [0.25, 0.3) is 0 Å². The predicted molar refractivity (Wildman–Crippen MR) is 137 cm³/mol. The Morgan fingerprint density at radius 2 is 1.55 bits per heavy atom. The molecular weight excluding hydrogens is 392 g/mol. The molecule has 0 N–H and O–H groups in total. The third-order valence-corrected chi connectivity index (χ3v) is 10.6. The van der Waals surface area contributed by atoms with Crippen molar-refractivity contribution < 1.29 is 0 Å². The molecule has 0 spiro atoms. The van der Waals surface area contributed by atoms with Crippen LogP contribution in [0, 0.1) is 0 Å². The lowest BCUT2D eigenvalue weighted by Crippen LogP contribution is -2.59.